The minimum Gasteiger partial charge on any atom is -0.493 e. The van der Waals surface area contributed by atoms with E-state index in [0.29, 0.717) is 48.4 Å². The van der Waals surface area contributed by atoms with Gasteiger partial charge in [0.15, 0.2) is 18.1 Å². The molecule has 0 spiro atoms. The second-order valence-electron chi connectivity index (χ2n) is 8.75. The quantitative estimate of drug-likeness (QED) is 0.456. The number of aryl methyl sites for hydroxylation is 2. The van der Waals surface area contributed by atoms with Gasteiger partial charge in [0.2, 0.25) is 0 Å². The molecule has 6 nitrogen and oxygen atoms in total. The molecule has 0 unspecified atom stereocenters. The van der Waals surface area contributed by atoms with Gasteiger partial charge in [-0.3, -0.25) is 4.79 Å². The summed E-state index contributed by atoms with van der Waals surface area (Å²) in [5, 5.41) is 2.89. The summed E-state index contributed by atoms with van der Waals surface area (Å²) >= 11 is 5.75. The van der Waals surface area contributed by atoms with Gasteiger partial charge in [-0.15, -0.1) is 0 Å². The largest absolute Gasteiger partial charge is 0.493 e. The number of halogens is 1. The number of rotatable bonds is 7. The molecule has 0 saturated carbocycles. The molecule has 1 saturated heterocycles. The lowest BCUT2D eigenvalue weighted by molar-refractivity contribution is -0.118. The van der Waals surface area contributed by atoms with E-state index in [0.717, 1.165) is 22.4 Å². The van der Waals surface area contributed by atoms with E-state index in [1.54, 1.807) is 25.3 Å². The third-order valence-corrected chi connectivity index (χ3v) is 6.69. The molecule has 3 aromatic rings. The lowest BCUT2D eigenvalue weighted by Crippen LogP contribution is -2.48. The van der Waals surface area contributed by atoms with Crippen molar-refractivity contribution in [2.45, 2.75) is 13.8 Å². The molecule has 4 rings (SSSR count). The molecule has 1 aliphatic heterocycles. The van der Waals surface area contributed by atoms with Gasteiger partial charge in [0.1, 0.15) is 10.8 Å². The average molecular weight is 508 g/mol. The van der Waals surface area contributed by atoms with Gasteiger partial charge in [-0.25, -0.2) is 4.39 Å². The molecule has 1 fully saturated rings. The van der Waals surface area contributed by atoms with Crippen molar-refractivity contribution >= 4 is 34.5 Å². The van der Waals surface area contributed by atoms with E-state index in [4.69, 9.17) is 21.7 Å². The number of nitrogens with zero attached hydrogens (tertiary/aromatic N) is 2. The molecule has 0 bridgehead atoms. The Morgan fingerprint density at radius 1 is 1.00 bits per heavy atom. The molecule has 188 valence electrons. The highest BCUT2D eigenvalue weighted by molar-refractivity contribution is 7.80. The number of anilines is 2. The van der Waals surface area contributed by atoms with Crippen molar-refractivity contribution in [2.24, 2.45) is 0 Å². The molecular weight excluding hydrogens is 477 g/mol. The molecule has 0 radical (unpaired) electrons. The fourth-order valence-corrected chi connectivity index (χ4v) is 4.47. The van der Waals surface area contributed by atoms with E-state index in [1.165, 1.54) is 6.07 Å². The number of carbonyl (C=O) groups excluding carboxylic acids is 1. The van der Waals surface area contributed by atoms with Crippen LogP contribution in [0.5, 0.6) is 11.5 Å². The number of para-hydroxylation sites is 1. The standard InChI is InChI=1S/C28H30FN3O3S/c1-19-8-9-20(2)23(16-19)30-27(33)18-35-25-11-10-21(17-26(25)34-3)28(36)32-14-12-31(13-15-32)24-7-5-4-6-22(24)29/h4-11,16-17H,12-15,18H2,1-3H3,(H,30,33). The Morgan fingerprint density at radius 2 is 1.75 bits per heavy atom. The van der Waals surface area contributed by atoms with Gasteiger partial charge in [0, 0.05) is 37.4 Å². The second kappa shape index (κ2) is 11.4. The van der Waals surface area contributed by atoms with Gasteiger partial charge in [0.25, 0.3) is 5.91 Å². The van der Waals surface area contributed by atoms with Crippen LogP contribution in [-0.4, -0.2) is 55.7 Å². The third kappa shape index (κ3) is 5.94. The zero-order valence-electron chi connectivity index (χ0n) is 20.7. The van der Waals surface area contributed by atoms with Crippen molar-refractivity contribution in [3.63, 3.8) is 0 Å². The number of carbonyl (C=O) groups is 1. The highest BCUT2D eigenvalue weighted by Gasteiger charge is 2.22. The summed E-state index contributed by atoms with van der Waals surface area (Å²) in [6.45, 7) is 6.50. The van der Waals surface area contributed by atoms with Gasteiger partial charge in [-0.1, -0.05) is 36.5 Å². The minimum atomic E-state index is -0.252. The van der Waals surface area contributed by atoms with Crippen molar-refractivity contribution < 1.29 is 18.7 Å². The Hall–Kier alpha value is -3.65. The number of amides is 1. The lowest BCUT2D eigenvalue weighted by atomic mass is 10.1. The Labute approximate surface area is 216 Å². The zero-order valence-corrected chi connectivity index (χ0v) is 21.5. The molecule has 1 heterocycles. The number of hydrogen-bond donors (Lipinski definition) is 1. The first-order valence-electron chi connectivity index (χ1n) is 11.8. The highest BCUT2D eigenvalue weighted by Crippen LogP contribution is 2.29. The summed E-state index contributed by atoms with van der Waals surface area (Å²) < 4.78 is 25.4. The summed E-state index contributed by atoms with van der Waals surface area (Å²) in [4.78, 5) is 17.3. The fraction of sp³-hybridized carbons (Fsp3) is 0.286. The molecule has 1 amide bonds. The molecule has 0 atom stereocenters. The molecular formula is C28H30FN3O3S. The van der Waals surface area contributed by atoms with Crippen LogP contribution in [0.2, 0.25) is 0 Å². The smallest absolute Gasteiger partial charge is 0.262 e. The predicted molar refractivity (Wildman–Crippen MR) is 145 cm³/mol. The number of ether oxygens (including phenoxy) is 2. The first-order chi connectivity index (χ1) is 17.4. The molecule has 36 heavy (non-hydrogen) atoms. The van der Waals surface area contributed by atoms with Gasteiger partial charge in [0.05, 0.1) is 12.8 Å². The second-order valence-corrected chi connectivity index (χ2v) is 9.14. The maximum atomic E-state index is 14.1. The number of thiocarbonyl (C=S) groups is 1. The monoisotopic (exact) mass is 507 g/mol. The van der Waals surface area contributed by atoms with Crippen molar-refractivity contribution in [3.8, 4) is 11.5 Å². The Kier molecular flexibility index (Phi) is 8.05. The maximum absolute atomic E-state index is 14.1. The molecule has 1 N–H and O–H groups in total. The van der Waals surface area contributed by atoms with Crippen molar-refractivity contribution in [1.82, 2.24) is 4.90 Å². The van der Waals surface area contributed by atoms with Gasteiger partial charge >= 0.3 is 0 Å². The predicted octanol–water partition coefficient (Wildman–Crippen LogP) is 4.97. The highest BCUT2D eigenvalue weighted by atomic mass is 32.1. The van der Waals surface area contributed by atoms with Crippen LogP contribution in [0.1, 0.15) is 16.7 Å². The van der Waals surface area contributed by atoms with Crippen LogP contribution < -0.4 is 19.7 Å². The number of piperazine rings is 1. The zero-order chi connectivity index (χ0) is 25.7. The van der Waals surface area contributed by atoms with E-state index in [-0.39, 0.29) is 18.3 Å². The van der Waals surface area contributed by atoms with Crippen LogP contribution in [0.3, 0.4) is 0 Å². The first-order valence-corrected chi connectivity index (χ1v) is 12.2. The summed E-state index contributed by atoms with van der Waals surface area (Å²) in [6, 6.07) is 18.2. The van der Waals surface area contributed by atoms with Crippen molar-refractivity contribution in [2.75, 3.05) is 50.1 Å². The van der Waals surface area contributed by atoms with Crippen LogP contribution >= 0.6 is 12.2 Å². The normalized spacial score (nSPS) is 13.3. The van der Waals surface area contributed by atoms with E-state index in [1.807, 2.05) is 55.1 Å². The minimum absolute atomic E-state index is 0.147. The third-order valence-electron chi connectivity index (χ3n) is 6.20. The molecule has 0 aliphatic carbocycles. The maximum Gasteiger partial charge on any atom is 0.262 e. The van der Waals surface area contributed by atoms with E-state index < -0.39 is 0 Å². The average Bonchev–Trinajstić information content (AvgIpc) is 2.89. The van der Waals surface area contributed by atoms with E-state index in [9.17, 15) is 9.18 Å². The summed E-state index contributed by atoms with van der Waals surface area (Å²) in [6.07, 6.45) is 0. The number of hydrogen-bond acceptors (Lipinski definition) is 5. The number of benzene rings is 3. The molecule has 0 aromatic heterocycles. The molecule has 3 aromatic carbocycles. The van der Waals surface area contributed by atoms with Crippen LogP contribution in [0.25, 0.3) is 0 Å². The molecule has 1 aliphatic rings. The fourth-order valence-electron chi connectivity index (χ4n) is 4.16. The Bertz CT molecular complexity index is 1260. The molecule has 8 heteroatoms. The van der Waals surface area contributed by atoms with Crippen LogP contribution in [0, 0.1) is 19.7 Å². The lowest BCUT2D eigenvalue weighted by Gasteiger charge is -2.37. The van der Waals surface area contributed by atoms with Gasteiger partial charge in [-0.2, -0.15) is 0 Å². The topological polar surface area (TPSA) is 54.0 Å². The van der Waals surface area contributed by atoms with Crippen molar-refractivity contribution in [3.05, 3.63) is 83.2 Å². The summed E-state index contributed by atoms with van der Waals surface area (Å²) in [7, 11) is 1.55. The number of methoxy groups -OCH3 is 1. The van der Waals surface area contributed by atoms with E-state index in [2.05, 4.69) is 10.2 Å². The summed E-state index contributed by atoms with van der Waals surface area (Å²) in [5.74, 6) is 0.499. The Morgan fingerprint density at radius 3 is 2.47 bits per heavy atom. The Balaban J connectivity index is 1.35. The SMILES string of the molecule is COc1cc(C(=S)N2CCN(c3ccccc3F)CC2)ccc1OCC(=O)Nc1cc(C)ccc1C. The van der Waals surface area contributed by atoms with E-state index >= 15 is 0 Å². The van der Waals surface area contributed by atoms with Crippen LogP contribution in [0.4, 0.5) is 15.8 Å². The van der Waals surface area contributed by atoms with Crippen LogP contribution in [-0.2, 0) is 4.79 Å². The first kappa shape index (κ1) is 25.4. The van der Waals surface area contributed by atoms with Crippen molar-refractivity contribution in [1.29, 1.82) is 0 Å². The summed E-state index contributed by atoms with van der Waals surface area (Å²) in [5.41, 5.74) is 4.27. The van der Waals surface area contributed by atoms with Gasteiger partial charge < -0.3 is 24.6 Å². The van der Waals surface area contributed by atoms with Crippen LogP contribution in [0.15, 0.2) is 60.7 Å². The number of nitrogens with one attached hydrogen (secondary N) is 1. The van der Waals surface area contributed by atoms with Gasteiger partial charge in [-0.05, 0) is 61.4 Å².